The molecule has 0 spiro atoms. The predicted octanol–water partition coefficient (Wildman–Crippen LogP) is 0.0932. The van der Waals surface area contributed by atoms with E-state index in [1.54, 1.807) is 12.4 Å². The fourth-order valence-corrected chi connectivity index (χ4v) is 3.33. The minimum atomic E-state index is 0.488. The highest BCUT2D eigenvalue weighted by Crippen LogP contribution is 2.20. The smallest absolute Gasteiger partial charge is 0.191 e. The molecule has 0 saturated heterocycles. The van der Waals surface area contributed by atoms with Gasteiger partial charge < -0.3 is 21.3 Å². The van der Waals surface area contributed by atoms with Crippen LogP contribution in [0.25, 0.3) is 22.8 Å². The maximum atomic E-state index is 4.78. The number of guanidine groups is 2. The number of pyridine rings is 1. The first kappa shape index (κ1) is 19.8. The van der Waals surface area contributed by atoms with Crippen LogP contribution in [0.5, 0.6) is 0 Å². The molecule has 0 atom stereocenters. The highest BCUT2D eigenvalue weighted by Gasteiger charge is 2.10. The summed E-state index contributed by atoms with van der Waals surface area (Å²) in [6.45, 7) is 4.25. The second-order valence-corrected chi connectivity index (χ2v) is 7.15. The molecular formula is C21H23N11. The summed E-state index contributed by atoms with van der Waals surface area (Å²) in [6.07, 6.45) is 3.48. The van der Waals surface area contributed by atoms with Crippen LogP contribution in [-0.2, 0) is 13.1 Å². The first-order chi connectivity index (χ1) is 15.8. The maximum Gasteiger partial charge on any atom is 0.191 e. The monoisotopic (exact) mass is 429 g/mol. The van der Waals surface area contributed by atoms with Crippen LogP contribution in [0.2, 0.25) is 0 Å². The molecular weight excluding hydrogens is 406 g/mol. The normalized spacial score (nSPS) is 14.9. The van der Waals surface area contributed by atoms with Crippen LogP contribution in [0.3, 0.4) is 0 Å². The second-order valence-electron chi connectivity index (χ2n) is 7.15. The first-order valence-electron chi connectivity index (χ1n) is 10.5. The lowest BCUT2D eigenvalue weighted by Gasteiger charge is -2.08. The molecule has 2 aliphatic heterocycles. The van der Waals surface area contributed by atoms with Crippen LogP contribution in [0.4, 0.5) is 0 Å². The number of rotatable bonds is 6. The maximum absolute atomic E-state index is 4.78. The molecule has 4 N–H and O–H groups in total. The third-order valence-corrected chi connectivity index (χ3v) is 4.86. The van der Waals surface area contributed by atoms with E-state index in [-0.39, 0.29) is 0 Å². The van der Waals surface area contributed by atoms with Gasteiger partial charge in [-0.25, -0.2) is 24.9 Å². The van der Waals surface area contributed by atoms with Gasteiger partial charge in [-0.1, -0.05) is 6.07 Å². The van der Waals surface area contributed by atoms with Crippen LogP contribution in [0.15, 0.2) is 52.7 Å². The Hall–Kier alpha value is -4.15. The molecule has 162 valence electrons. The summed E-state index contributed by atoms with van der Waals surface area (Å²) < 4.78 is 0. The van der Waals surface area contributed by atoms with Crippen molar-refractivity contribution in [2.45, 2.75) is 13.1 Å². The summed E-state index contributed by atoms with van der Waals surface area (Å²) in [4.78, 5) is 31.4. The zero-order valence-corrected chi connectivity index (χ0v) is 17.4. The molecule has 11 heteroatoms. The van der Waals surface area contributed by atoms with Crippen molar-refractivity contribution in [3.05, 3.63) is 54.4 Å². The van der Waals surface area contributed by atoms with Crippen LogP contribution >= 0.6 is 0 Å². The minimum Gasteiger partial charge on any atom is -0.355 e. The van der Waals surface area contributed by atoms with Crippen LogP contribution in [0, 0.1) is 0 Å². The van der Waals surface area contributed by atoms with Crippen molar-refractivity contribution in [2.75, 3.05) is 26.2 Å². The van der Waals surface area contributed by atoms with Gasteiger partial charge in [0.15, 0.2) is 11.9 Å². The fraction of sp³-hybridized carbons (Fsp3) is 0.286. The van der Waals surface area contributed by atoms with Crippen molar-refractivity contribution >= 4 is 11.9 Å². The molecule has 3 aromatic rings. The Morgan fingerprint density at radius 2 is 1.16 bits per heavy atom. The average molecular weight is 429 g/mol. The molecule has 0 amide bonds. The Bertz CT molecular complexity index is 1070. The largest absolute Gasteiger partial charge is 0.355 e. The van der Waals surface area contributed by atoms with E-state index in [4.69, 9.17) is 4.98 Å². The van der Waals surface area contributed by atoms with Crippen molar-refractivity contribution < 1.29 is 0 Å². The van der Waals surface area contributed by atoms with E-state index < -0.39 is 0 Å². The van der Waals surface area contributed by atoms with Gasteiger partial charge in [-0.3, -0.25) is 9.98 Å². The Morgan fingerprint density at radius 1 is 0.656 bits per heavy atom. The van der Waals surface area contributed by atoms with Crippen LogP contribution in [0.1, 0.15) is 11.6 Å². The van der Waals surface area contributed by atoms with Crippen molar-refractivity contribution in [3.63, 3.8) is 0 Å². The van der Waals surface area contributed by atoms with Crippen molar-refractivity contribution in [2.24, 2.45) is 9.98 Å². The van der Waals surface area contributed by atoms with Gasteiger partial charge in [0.1, 0.15) is 11.6 Å². The molecule has 5 rings (SSSR count). The van der Waals surface area contributed by atoms with Crippen LogP contribution in [-0.4, -0.2) is 63.0 Å². The highest BCUT2D eigenvalue weighted by atomic mass is 15.2. The lowest BCUT2D eigenvalue weighted by molar-refractivity contribution is 0.803. The van der Waals surface area contributed by atoms with Gasteiger partial charge in [0.05, 0.1) is 49.0 Å². The van der Waals surface area contributed by atoms with E-state index in [2.05, 4.69) is 51.2 Å². The van der Waals surface area contributed by atoms with E-state index in [9.17, 15) is 0 Å². The van der Waals surface area contributed by atoms with Crippen molar-refractivity contribution in [1.82, 2.24) is 46.2 Å². The molecule has 3 aromatic heterocycles. The minimum absolute atomic E-state index is 0.488. The number of nitrogens with zero attached hydrogens (tertiary/aromatic N) is 7. The number of hydrogen-bond donors (Lipinski definition) is 4. The third-order valence-electron chi connectivity index (χ3n) is 4.86. The first-order valence-corrected chi connectivity index (χ1v) is 10.5. The van der Waals surface area contributed by atoms with Gasteiger partial charge in [-0.2, -0.15) is 0 Å². The van der Waals surface area contributed by atoms with Gasteiger partial charge in [0.25, 0.3) is 0 Å². The van der Waals surface area contributed by atoms with Gasteiger partial charge in [0, 0.05) is 25.5 Å². The molecule has 11 nitrogen and oxygen atoms in total. The van der Waals surface area contributed by atoms with E-state index >= 15 is 0 Å². The Balaban J connectivity index is 1.31. The zero-order valence-electron chi connectivity index (χ0n) is 17.4. The average Bonchev–Trinajstić information content (AvgIpc) is 3.56. The topological polar surface area (TPSA) is 137 Å². The van der Waals surface area contributed by atoms with E-state index in [0.717, 1.165) is 60.9 Å². The second kappa shape index (κ2) is 9.33. The standard InChI is InChI=1S/C21H23N11/c1-2-14(16-4-6-22-18(31-16)12-28-20-24-8-9-25-20)30-15(3-1)17-5-7-23-19(32-17)13-29-21-26-10-11-27-21/h1-7H,8-13H2,(H2,24,25,28)(H2,26,27,29). The summed E-state index contributed by atoms with van der Waals surface area (Å²) in [5.74, 6) is 2.91. The molecule has 0 saturated carbocycles. The van der Waals surface area contributed by atoms with Gasteiger partial charge >= 0.3 is 0 Å². The number of aromatic nitrogens is 5. The van der Waals surface area contributed by atoms with E-state index in [1.807, 2.05) is 30.3 Å². The molecule has 0 fully saturated rings. The summed E-state index contributed by atoms with van der Waals surface area (Å²) >= 11 is 0. The highest BCUT2D eigenvalue weighted by molar-refractivity contribution is 5.81. The van der Waals surface area contributed by atoms with Crippen molar-refractivity contribution in [1.29, 1.82) is 0 Å². The predicted molar refractivity (Wildman–Crippen MR) is 121 cm³/mol. The summed E-state index contributed by atoms with van der Waals surface area (Å²) in [6, 6.07) is 9.52. The molecule has 0 aliphatic carbocycles. The van der Waals surface area contributed by atoms with E-state index in [1.165, 1.54) is 0 Å². The Morgan fingerprint density at radius 3 is 1.62 bits per heavy atom. The Labute approximate surface area is 185 Å². The molecule has 0 unspecified atom stereocenters. The number of aliphatic imine (C=N–C) groups is 2. The van der Waals surface area contributed by atoms with Crippen molar-refractivity contribution in [3.8, 4) is 22.8 Å². The lowest BCUT2D eigenvalue weighted by Crippen LogP contribution is -2.33. The molecule has 0 bridgehead atoms. The molecule has 0 radical (unpaired) electrons. The molecule has 32 heavy (non-hydrogen) atoms. The molecule has 0 aromatic carbocycles. The Kier molecular flexibility index (Phi) is 5.77. The summed E-state index contributed by atoms with van der Waals surface area (Å²) in [5, 5.41) is 12.8. The fourth-order valence-electron chi connectivity index (χ4n) is 3.33. The number of hydrogen-bond acceptors (Lipinski definition) is 11. The van der Waals surface area contributed by atoms with Gasteiger partial charge in [-0.05, 0) is 24.3 Å². The summed E-state index contributed by atoms with van der Waals surface area (Å²) in [5.41, 5.74) is 3.01. The quantitative estimate of drug-likeness (QED) is 0.430. The summed E-state index contributed by atoms with van der Waals surface area (Å²) in [7, 11) is 0. The van der Waals surface area contributed by atoms with Gasteiger partial charge in [-0.15, -0.1) is 0 Å². The number of nitrogens with one attached hydrogen (secondary N) is 4. The van der Waals surface area contributed by atoms with Crippen LogP contribution < -0.4 is 21.3 Å². The SMILES string of the molecule is c1cc(-c2ccnc(CNC3=NCCN3)n2)nc(-c2ccnc(CNC3=NCCN3)n2)c1. The molecule has 5 heterocycles. The zero-order chi connectivity index (χ0) is 21.6. The third kappa shape index (κ3) is 4.77. The lowest BCUT2D eigenvalue weighted by atomic mass is 10.2. The molecule has 2 aliphatic rings. The van der Waals surface area contributed by atoms with E-state index in [0.29, 0.717) is 24.7 Å². The van der Waals surface area contributed by atoms with Gasteiger partial charge in [0.2, 0.25) is 0 Å².